The molecule has 3 atom stereocenters. The molecule has 328 valence electrons. The second-order valence-electron chi connectivity index (χ2n) is 17.4. The molecular formula is C50H99NO4. The van der Waals surface area contributed by atoms with Crippen LogP contribution in [-0.4, -0.2) is 46.1 Å². The molecule has 5 nitrogen and oxygen atoms in total. The maximum Gasteiger partial charge on any atom is 0.220 e. The highest BCUT2D eigenvalue weighted by Gasteiger charge is 2.26. The minimum Gasteiger partial charge on any atom is -0.394 e. The van der Waals surface area contributed by atoms with Crippen LogP contribution in [0.1, 0.15) is 277 Å². The van der Waals surface area contributed by atoms with E-state index in [9.17, 15) is 20.1 Å². The second kappa shape index (κ2) is 45.8. The summed E-state index contributed by atoms with van der Waals surface area (Å²) < 4.78 is 0. The van der Waals surface area contributed by atoms with Gasteiger partial charge in [0.15, 0.2) is 0 Å². The zero-order valence-electron chi connectivity index (χ0n) is 37.3. The number of aliphatic hydroxyl groups excluding tert-OH is 3. The molecule has 0 saturated heterocycles. The summed E-state index contributed by atoms with van der Waals surface area (Å²) >= 11 is 0. The standard InChI is InChI=1S/C50H99NO4/c1-3-5-7-9-11-13-15-17-18-19-20-21-22-23-24-25-26-27-28-29-30-31-32-33-35-37-39-41-43-45-49(54)51-47(46-52)50(55)48(53)44-42-40-38-36-34-16-14-12-10-8-6-4-2/h23-24,47-48,50,52-53,55H,3-22,25-46H2,1-2H3,(H,51,54)/b24-23-. The van der Waals surface area contributed by atoms with Gasteiger partial charge in [-0.05, 0) is 38.5 Å². The van der Waals surface area contributed by atoms with E-state index in [0.29, 0.717) is 12.8 Å². The van der Waals surface area contributed by atoms with Crippen LogP contribution in [0.2, 0.25) is 0 Å². The van der Waals surface area contributed by atoms with Crippen LogP contribution in [0.3, 0.4) is 0 Å². The topological polar surface area (TPSA) is 89.8 Å². The Morgan fingerprint density at radius 3 is 1.05 bits per heavy atom. The van der Waals surface area contributed by atoms with E-state index in [1.165, 1.54) is 212 Å². The first-order valence-corrected chi connectivity index (χ1v) is 25.0. The summed E-state index contributed by atoms with van der Waals surface area (Å²) in [6, 6.07) is -0.805. The van der Waals surface area contributed by atoms with Gasteiger partial charge in [-0.2, -0.15) is 0 Å². The van der Waals surface area contributed by atoms with Gasteiger partial charge in [-0.25, -0.2) is 0 Å². The van der Waals surface area contributed by atoms with Crippen LogP contribution >= 0.6 is 0 Å². The molecule has 0 aromatic heterocycles. The van der Waals surface area contributed by atoms with Crippen molar-refractivity contribution in [1.82, 2.24) is 5.32 Å². The highest BCUT2D eigenvalue weighted by molar-refractivity contribution is 5.76. The predicted octanol–water partition coefficient (Wildman–Crippen LogP) is 14.8. The SMILES string of the molecule is CCCCCCCCCCCCCC/C=C\CCCCCCCCCCCCCCCC(=O)NC(CO)C(O)C(O)CCCCCCCCCCCCCC. The van der Waals surface area contributed by atoms with Gasteiger partial charge in [-0.15, -0.1) is 0 Å². The van der Waals surface area contributed by atoms with Crippen LogP contribution in [-0.2, 0) is 4.79 Å². The Bertz CT molecular complexity index is 773. The maximum absolute atomic E-state index is 12.4. The monoisotopic (exact) mass is 778 g/mol. The Morgan fingerprint density at radius 2 is 0.727 bits per heavy atom. The normalized spacial score (nSPS) is 13.5. The zero-order valence-corrected chi connectivity index (χ0v) is 37.3. The van der Waals surface area contributed by atoms with E-state index in [1.54, 1.807) is 0 Å². The number of carbonyl (C=O) groups is 1. The Hall–Kier alpha value is -0.910. The van der Waals surface area contributed by atoms with Crippen LogP contribution in [0.25, 0.3) is 0 Å². The van der Waals surface area contributed by atoms with Crippen molar-refractivity contribution in [3.63, 3.8) is 0 Å². The van der Waals surface area contributed by atoms with Gasteiger partial charge in [0, 0.05) is 6.42 Å². The smallest absolute Gasteiger partial charge is 0.220 e. The first kappa shape index (κ1) is 54.1. The number of carbonyl (C=O) groups excluding carboxylic acids is 1. The average Bonchev–Trinajstić information content (AvgIpc) is 3.19. The number of rotatable bonds is 46. The van der Waals surface area contributed by atoms with Gasteiger partial charge in [0.1, 0.15) is 6.10 Å². The summed E-state index contributed by atoms with van der Waals surface area (Å²) in [5.41, 5.74) is 0. The summed E-state index contributed by atoms with van der Waals surface area (Å²) in [4.78, 5) is 12.4. The summed E-state index contributed by atoms with van der Waals surface area (Å²) in [7, 11) is 0. The molecular weight excluding hydrogens is 679 g/mol. The van der Waals surface area contributed by atoms with E-state index < -0.39 is 18.2 Å². The van der Waals surface area contributed by atoms with Gasteiger partial charge >= 0.3 is 0 Å². The summed E-state index contributed by atoms with van der Waals surface area (Å²) in [6.45, 7) is 4.19. The fourth-order valence-corrected chi connectivity index (χ4v) is 7.98. The zero-order chi connectivity index (χ0) is 40.1. The van der Waals surface area contributed by atoms with Gasteiger partial charge < -0.3 is 20.6 Å². The molecule has 0 bridgehead atoms. The first-order chi connectivity index (χ1) is 27.1. The molecule has 0 aliphatic carbocycles. The van der Waals surface area contributed by atoms with Crippen molar-refractivity contribution in [1.29, 1.82) is 0 Å². The van der Waals surface area contributed by atoms with E-state index in [1.807, 2.05) is 0 Å². The third-order valence-electron chi connectivity index (χ3n) is 11.9. The number of allylic oxidation sites excluding steroid dienone is 2. The molecule has 4 N–H and O–H groups in total. The molecule has 1 amide bonds. The van der Waals surface area contributed by atoms with Crippen molar-refractivity contribution in [2.45, 2.75) is 295 Å². The van der Waals surface area contributed by atoms with Gasteiger partial charge in [0.05, 0.1) is 18.8 Å². The quantitative estimate of drug-likeness (QED) is 0.0366. The number of hydrogen-bond donors (Lipinski definition) is 4. The Balaban J connectivity index is 3.49. The minimum atomic E-state index is -1.13. The lowest BCUT2D eigenvalue weighted by Gasteiger charge is -2.26. The third kappa shape index (κ3) is 41.1. The lowest BCUT2D eigenvalue weighted by atomic mass is 9.99. The molecule has 0 rings (SSSR count). The highest BCUT2D eigenvalue weighted by Crippen LogP contribution is 2.17. The molecule has 0 radical (unpaired) electrons. The second-order valence-corrected chi connectivity index (χ2v) is 17.4. The Kier molecular flexibility index (Phi) is 45.0. The molecule has 0 aliphatic heterocycles. The van der Waals surface area contributed by atoms with E-state index in [4.69, 9.17) is 0 Å². The van der Waals surface area contributed by atoms with Gasteiger partial charge in [0.2, 0.25) is 5.91 Å². The van der Waals surface area contributed by atoms with E-state index in [-0.39, 0.29) is 12.5 Å². The number of nitrogens with one attached hydrogen (secondary N) is 1. The molecule has 0 saturated carbocycles. The summed E-state index contributed by atoms with van der Waals surface area (Å²) in [6.07, 6.45) is 54.9. The summed E-state index contributed by atoms with van der Waals surface area (Å²) in [5, 5.41) is 33.5. The Morgan fingerprint density at radius 1 is 0.436 bits per heavy atom. The molecule has 0 heterocycles. The molecule has 55 heavy (non-hydrogen) atoms. The van der Waals surface area contributed by atoms with E-state index in [2.05, 4.69) is 31.3 Å². The van der Waals surface area contributed by atoms with Gasteiger partial charge in [-0.1, -0.05) is 244 Å². The lowest BCUT2D eigenvalue weighted by Crippen LogP contribution is -2.50. The first-order valence-electron chi connectivity index (χ1n) is 25.0. The summed E-state index contributed by atoms with van der Waals surface area (Å²) in [5.74, 6) is -0.142. The number of unbranched alkanes of at least 4 members (excludes halogenated alkanes) is 36. The van der Waals surface area contributed by atoms with Gasteiger partial charge in [-0.3, -0.25) is 4.79 Å². The van der Waals surface area contributed by atoms with Crippen molar-refractivity contribution in [2.24, 2.45) is 0 Å². The fraction of sp³-hybridized carbons (Fsp3) is 0.940. The van der Waals surface area contributed by atoms with Crippen LogP contribution in [0.15, 0.2) is 12.2 Å². The van der Waals surface area contributed by atoms with Crippen LogP contribution in [0.4, 0.5) is 0 Å². The predicted molar refractivity (Wildman–Crippen MR) is 241 cm³/mol. The van der Waals surface area contributed by atoms with Gasteiger partial charge in [0.25, 0.3) is 0 Å². The number of amides is 1. The van der Waals surface area contributed by atoms with E-state index >= 15 is 0 Å². The molecule has 0 aliphatic rings. The average molecular weight is 778 g/mol. The van der Waals surface area contributed by atoms with Crippen molar-refractivity contribution in [2.75, 3.05) is 6.61 Å². The maximum atomic E-state index is 12.4. The third-order valence-corrected chi connectivity index (χ3v) is 11.9. The Labute approximate surface area is 344 Å². The number of hydrogen-bond acceptors (Lipinski definition) is 4. The van der Waals surface area contributed by atoms with Crippen molar-refractivity contribution in [3.05, 3.63) is 12.2 Å². The fourth-order valence-electron chi connectivity index (χ4n) is 7.98. The largest absolute Gasteiger partial charge is 0.394 e. The van der Waals surface area contributed by atoms with Crippen LogP contribution in [0, 0.1) is 0 Å². The molecule has 3 unspecified atom stereocenters. The lowest BCUT2D eigenvalue weighted by molar-refractivity contribution is -0.124. The molecule has 0 fully saturated rings. The minimum absolute atomic E-state index is 0.142. The molecule has 5 heteroatoms. The van der Waals surface area contributed by atoms with Crippen molar-refractivity contribution >= 4 is 5.91 Å². The molecule has 0 aromatic rings. The van der Waals surface area contributed by atoms with Crippen LogP contribution < -0.4 is 5.32 Å². The van der Waals surface area contributed by atoms with E-state index in [0.717, 1.165) is 38.5 Å². The highest BCUT2D eigenvalue weighted by atomic mass is 16.3. The molecule has 0 spiro atoms. The van der Waals surface area contributed by atoms with Crippen molar-refractivity contribution in [3.8, 4) is 0 Å². The van der Waals surface area contributed by atoms with Crippen molar-refractivity contribution < 1.29 is 20.1 Å². The van der Waals surface area contributed by atoms with Crippen LogP contribution in [0.5, 0.6) is 0 Å². The molecule has 0 aromatic carbocycles. The number of aliphatic hydroxyl groups is 3.